The first-order valence-corrected chi connectivity index (χ1v) is 3.81. The quantitative estimate of drug-likeness (QED) is 0.574. The average Bonchev–Trinajstić information content (AvgIpc) is 2.04. The van der Waals surface area contributed by atoms with Crippen LogP contribution < -0.4 is 0 Å². The van der Waals surface area contributed by atoms with Crippen LogP contribution in [0.4, 0.5) is 4.79 Å². The standard InChI is InChI=1S/C7H16N2O3/c1-8(3-5-10)7(12)9(2)4-6-11/h10-11H,3-6H2,1-2H3. The van der Waals surface area contributed by atoms with Crippen molar-refractivity contribution in [1.82, 2.24) is 9.80 Å². The molecule has 0 radical (unpaired) electrons. The first kappa shape index (κ1) is 11.2. The molecule has 0 aromatic carbocycles. The second-order valence-electron chi connectivity index (χ2n) is 2.57. The van der Waals surface area contributed by atoms with Crippen LogP contribution in [0.15, 0.2) is 0 Å². The van der Waals surface area contributed by atoms with Crippen LogP contribution in [0.3, 0.4) is 0 Å². The second kappa shape index (κ2) is 5.79. The molecule has 72 valence electrons. The predicted molar refractivity (Wildman–Crippen MR) is 44.8 cm³/mol. The van der Waals surface area contributed by atoms with Gasteiger partial charge in [0, 0.05) is 27.2 Å². The Kier molecular flexibility index (Phi) is 5.40. The highest BCUT2D eigenvalue weighted by Crippen LogP contribution is 1.91. The fourth-order valence-corrected chi connectivity index (χ4v) is 0.783. The van der Waals surface area contributed by atoms with Gasteiger partial charge in [0.05, 0.1) is 13.2 Å². The van der Waals surface area contributed by atoms with Crippen molar-refractivity contribution in [3.63, 3.8) is 0 Å². The summed E-state index contributed by atoms with van der Waals surface area (Å²) in [5.41, 5.74) is 0. The number of hydrogen-bond donors (Lipinski definition) is 2. The molecule has 0 saturated heterocycles. The van der Waals surface area contributed by atoms with E-state index in [9.17, 15) is 4.79 Å². The van der Waals surface area contributed by atoms with Crippen LogP contribution in [-0.4, -0.2) is 66.4 Å². The molecule has 0 aromatic heterocycles. The number of urea groups is 1. The molecule has 0 rings (SSSR count). The number of amides is 2. The van der Waals surface area contributed by atoms with Gasteiger partial charge in [-0.05, 0) is 0 Å². The number of carbonyl (C=O) groups excluding carboxylic acids is 1. The highest BCUT2D eigenvalue weighted by molar-refractivity contribution is 5.73. The number of likely N-dealkylation sites (N-methyl/N-ethyl adjacent to an activating group) is 2. The van der Waals surface area contributed by atoms with E-state index in [0.29, 0.717) is 13.1 Å². The van der Waals surface area contributed by atoms with Gasteiger partial charge in [-0.3, -0.25) is 0 Å². The monoisotopic (exact) mass is 176 g/mol. The summed E-state index contributed by atoms with van der Waals surface area (Å²) in [5, 5.41) is 17.1. The van der Waals surface area contributed by atoms with Crippen molar-refractivity contribution in [3.8, 4) is 0 Å². The topological polar surface area (TPSA) is 64.0 Å². The minimum Gasteiger partial charge on any atom is -0.395 e. The number of aliphatic hydroxyl groups is 2. The molecule has 2 amide bonds. The number of rotatable bonds is 4. The van der Waals surface area contributed by atoms with Crippen molar-refractivity contribution in [2.45, 2.75) is 0 Å². The summed E-state index contributed by atoms with van der Waals surface area (Å²) in [6, 6.07) is -0.196. The largest absolute Gasteiger partial charge is 0.395 e. The highest BCUT2D eigenvalue weighted by atomic mass is 16.3. The molecule has 5 heteroatoms. The van der Waals surface area contributed by atoms with Crippen molar-refractivity contribution >= 4 is 6.03 Å². The Morgan fingerprint density at radius 3 is 1.67 bits per heavy atom. The van der Waals surface area contributed by atoms with E-state index < -0.39 is 0 Å². The third-order valence-electron chi connectivity index (χ3n) is 1.52. The van der Waals surface area contributed by atoms with E-state index in [4.69, 9.17) is 10.2 Å². The maximum Gasteiger partial charge on any atom is 0.319 e. The Labute approximate surface area is 72.2 Å². The molecule has 5 nitrogen and oxygen atoms in total. The average molecular weight is 176 g/mol. The van der Waals surface area contributed by atoms with Gasteiger partial charge < -0.3 is 20.0 Å². The lowest BCUT2D eigenvalue weighted by Gasteiger charge is -2.23. The number of aliphatic hydroxyl groups excluding tert-OH is 2. The van der Waals surface area contributed by atoms with Gasteiger partial charge in [-0.25, -0.2) is 4.79 Å². The van der Waals surface area contributed by atoms with Crippen LogP contribution in [0, 0.1) is 0 Å². The van der Waals surface area contributed by atoms with Gasteiger partial charge in [-0.2, -0.15) is 0 Å². The van der Waals surface area contributed by atoms with Crippen LogP contribution in [0.2, 0.25) is 0 Å². The van der Waals surface area contributed by atoms with E-state index in [1.54, 1.807) is 14.1 Å². The zero-order valence-electron chi connectivity index (χ0n) is 7.53. The SMILES string of the molecule is CN(CCO)C(=O)N(C)CCO. The van der Waals surface area contributed by atoms with Crippen molar-refractivity contribution in [2.75, 3.05) is 40.4 Å². The molecule has 0 atom stereocenters. The maximum absolute atomic E-state index is 11.3. The van der Waals surface area contributed by atoms with Gasteiger partial charge >= 0.3 is 6.03 Å². The van der Waals surface area contributed by atoms with Crippen LogP contribution in [0.25, 0.3) is 0 Å². The van der Waals surface area contributed by atoms with Gasteiger partial charge in [0.2, 0.25) is 0 Å². The van der Waals surface area contributed by atoms with Crippen molar-refractivity contribution in [3.05, 3.63) is 0 Å². The Morgan fingerprint density at radius 1 is 1.08 bits per heavy atom. The fourth-order valence-electron chi connectivity index (χ4n) is 0.783. The minimum atomic E-state index is -0.196. The molecular formula is C7H16N2O3. The molecule has 0 aliphatic rings. The molecule has 2 N–H and O–H groups in total. The lowest BCUT2D eigenvalue weighted by Crippen LogP contribution is -2.41. The Morgan fingerprint density at radius 2 is 1.42 bits per heavy atom. The molecule has 0 fully saturated rings. The minimum absolute atomic E-state index is 0.0464. The lowest BCUT2D eigenvalue weighted by molar-refractivity contribution is 0.150. The fraction of sp³-hybridized carbons (Fsp3) is 0.857. The van der Waals surface area contributed by atoms with E-state index in [0.717, 1.165) is 0 Å². The molecule has 0 aliphatic carbocycles. The number of hydrogen-bond acceptors (Lipinski definition) is 3. The number of carbonyl (C=O) groups is 1. The van der Waals surface area contributed by atoms with Crippen molar-refractivity contribution in [2.24, 2.45) is 0 Å². The van der Waals surface area contributed by atoms with E-state index in [1.165, 1.54) is 9.80 Å². The van der Waals surface area contributed by atoms with E-state index in [2.05, 4.69) is 0 Å². The third-order valence-corrected chi connectivity index (χ3v) is 1.52. The first-order valence-electron chi connectivity index (χ1n) is 3.81. The molecule has 0 unspecified atom stereocenters. The maximum atomic E-state index is 11.3. The van der Waals surface area contributed by atoms with Gasteiger partial charge in [-0.1, -0.05) is 0 Å². The molecule has 0 bridgehead atoms. The summed E-state index contributed by atoms with van der Waals surface area (Å²) in [6.07, 6.45) is 0. The first-order chi connectivity index (χ1) is 5.63. The van der Waals surface area contributed by atoms with Crippen molar-refractivity contribution in [1.29, 1.82) is 0 Å². The Bertz CT molecular complexity index is 127. The van der Waals surface area contributed by atoms with Crippen LogP contribution in [-0.2, 0) is 0 Å². The smallest absolute Gasteiger partial charge is 0.319 e. The Balaban J connectivity index is 3.82. The molecule has 0 heterocycles. The van der Waals surface area contributed by atoms with Crippen LogP contribution in [0.1, 0.15) is 0 Å². The van der Waals surface area contributed by atoms with E-state index >= 15 is 0 Å². The number of nitrogens with zero attached hydrogens (tertiary/aromatic N) is 2. The van der Waals surface area contributed by atoms with E-state index in [1.807, 2.05) is 0 Å². The van der Waals surface area contributed by atoms with E-state index in [-0.39, 0.29) is 19.2 Å². The summed E-state index contributed by atoms with van der Waals surface area (Å²) in [4.78, 5) is 14.0. The molecule has 0 aromatic rings. The van der Waals surface area contributed by atoms with Crippen LogP contribution >= 0.6 is 0 Å². The normalized spacial score (nSPS) is 9.67. The molecule has 0 aliphatic heterocycles. The third kappa shape index (κ3) is 3.54. The summed E-state index contributed by atoms with van der Waals surface area (Å²) >= 11 is 0. The predicted octanol–water partition coefficient (Wildman–Crippen LogP) is -1.05. The zero-order chi connectivity index (χ0) is 9.56. The van der Waals surface area contributed by atoms with Gasteiger partial charge in [-0.15, -0.1) is 0 Å². The van der Waals surface area contributed by atoms with Crippen LogP contribution in [0.5, 0.6) is 0 Å². The highest BCUT2D eigenvalue weighted by Gasteiger charge is 2.11. The Hall–Kier alpha value is -0.810. The molecular weight excluding hydrogens is 160 g/mol. The molecule has 12 heavy (non-hydrogen) atoms. The molecule has 0 saturated carbocycles. The van der Waals surface area contributed by atoms with Gasteiger partial charge in [0.15, 0.2) is 0 Å². The zero-order valence-corrected chi connectivity index (χ0v) is 7.53. The summed E-state index contributed by atoms with van der Waals surface area (Å²) < 4.78 is 0. The summed E-state index contributed by atoms with van der Waals surface area (Å²) in [6.45, 7) is 0.535. The lowest BCUT2D eigenvalue weighted by atomic mass is 10.5. The molecule has 0 spiro atoms. The van der Waals surface area contributed by atoms with Crippen molar-refractivity contribution < 1.29 is 15.0 Å². The van der Waals surface area contributed by atoms with Gasteiger partial charge in [0.25, 0.3) is 0 Å². The summed E-state index contributed by atoms with van der Waals surface area (Å²) in [7, 11) is 3.21. The summed E-state index contributed by atoms with van der Waals surface area (Å²) in [5.74, 6) is 0. The second-order valence-corrected chi connectivity index (χ2v) is 2.57. The van der Waals surface area contributed by atoms with Gasteiger partial charge in [0.1, 0.15) is 0 Å².